The molecule has 3 atom stereocenters. The van der Waals surface area contributed by atoms with Gasteiger partial charge >= 0.3 is 5.97 Å². The van der Waals surface area contributed by atoms with E-state index in [2.05, 4.69) is 4.74 Å². The number of hydrogen-bond donors (Lipinski definition) is 2. The lowest BCUT2D eigenvalue weighted by Crippen LogP contribution is -2.43. The number of aliphatic carboxylic acids is 1. The van der Waals surface area contributed by atoms with Crippen molar-refractivity contribution in [1.29, 1.82) is 5.26 Å². The Kier molecular flexibility index (Phi) is 12.2. The van der Waals surface area contributed by atoms with Crippen molar-refractivity contribution >= 4 is 24.3 Å². The molecule has 42 heavy (non-hydrogen) atoms. The van der Waals surface area contributed by atoms with E-state index in [-0.39, 0.29) is 56.1 Å². The monoisotopic (exact) mass is 588 g/mol. The number of ether oxygens (including phenoxy) is 1. The number of hydrogen-bond acceptors (Lipinski definition) is 7. The summed E-state index contributed by atoms with van der Waals surface area (Å²) in [6.07, 6.45) is 2.09. The van der Waals surface area contributed by atoms with Gasteiger partial charge in [0.05, 0.1) is 23.8 Å². The van der Waals surface area contributed by atoms with Gasteiger partial charge in [0.2, 0.25) is 5.91 Å². The second-order valence-electron chi connectivity index (χ2n) is 9.51. The molecule has 2 saturated heterocycles. The third-order valence-electron chi connectivity index (χ3n) is 6.75. The predicted molar refractivity (Wildman–Crippen MR) is 144 cm³/mol. The van der Waals surface area contributed by atoms with Gasteiger partial charge in [0.15, 0.2) is 11.6 Å². The summed E-state index contributed by atoms with van der Waals surface area (Å²) in [5.74, 6) is -4.72. The maximum Gasteiger partial charge on any atom is 0.331 e. The van der Waals surface area contributed by atoms with Crippen LogP contribution in [0.1, 0.15) is 41.8 Å². The van der Waals surface area contributed by atoms with E-state index in [1.165, 1.54) is 0 Å². The van der Waals surface area contributed by atoms with E-state index in [1.807, 2.05) is 6.07 Å². The number of carbonyl (C=O) groups excluding carboxylic acids is 3. The molecule has 10 nitrogen and oxygen atoms in total. The summed E-state index contributed by atoms with van der Waals surface area (Å²) >= 11 is 0. The van der Waals surface area contributed by atoms with Crippen LogP contribution in [0, 0.1) is 34.7 Å². The molecule has 4 rings (SSSR count). The van der Waals surface area contributed by atoms with Crippen LogP contribution >= 0.6 is 0 Å². The van der Waals surface area contributed by atoms with E-state index in [0.29, 0.717) is 42.9 Å². The lowest BCUT2D eigenvalue weighted by molar-refractivity contribution is -0.133. The molecule has 13 heteroatoms. The summed E-state index contributed by atoms with van der Waals surface area (Å²) in [5, 5.41) is 16.9. The molecule has 0 radical (unpaired) electrons. The van der Waals surface area contributed by atoms with E-state index in [9.17, 15) is 32.3 Å². The summed E-state index contributed by atoms with van der Waals surface area (Å²) in [5.41, 5.74) is 6.79. The first-order valence-corrected chi connectivity index (χ1v) is 12.5. The van der Waals surface area contributed by atoms with Crippen LogP contribution in [0.3, 0.4) is 0 Å². The van der Waals surface area contributed by atoms with E-state index in [4.69, 9.17) is 16.1 Å². The lowest BCUT2D eigenvalue weighted by atomic mass is 10.0. The first-order chi connectivity index (χ1) is 19.5. The van der Waals surface area contributed by atoms with Gasteiger partial charge < -0.3 is 25.4 Å². The molecular weight excluding hydrogens is 557 g/mol. The van der Waals surface area contributed by atoms with Gasteiger partial charge in [-0.15, -0.1) is 0 Å². The Morgan fingerprint density at radius 2 is 1.86 bits per heavy atom. The maximum absolute atomic E-state index is 13.9. The number of halogens is 3. The second-order valence-corrected chi connectivity index (χ2v) is 9.51. The van der Waals surface area contributed by atoms with Gasteiger partial charge in [-0.1, -0.05) is 13.5 Å². The Morgan fingerprint density at radius 3 is 2.52 bits per heavy atom. The maximum atomic E-state index is 13.9. The van der Waals surface area contributed by atoms with Crippen LogP contribution in [-0.2, 0) is 25.5 Å². The number of fused-ring (bicyclic) bond motifs is 1. The number of carboxylic acid groups (broad SMARTS) is 1. The third-order valence-corrected chi connectivity index (χ3v) is 6.75. The highest BCUT2D eigenvalue weighted by molar-refractivity contribution is 5.95. The normalized spacial score (nSPS) is 17.8. The number of nitrogens with zero attached hydrogens (tertiary/aromatic N) is 3. The van der Waals surface area contributed by atoms with Crippen molar-refractivity contribution in [3.8, 4) is 6.07 Å². The molecule has 2 amide bonds. The van der Waals surface area contributed by atoms with Crippen LogP contribution in [0.2, 0.25) is 0 Å². The van der Waals surface area contributed by atoms with Gasteiger partial charge in [-0.25, -0.2) is 18.0 Å². The van der Waals surface area contributed by atoms with Crippen LogP contribution in [0.15, 0.2) is 48.7 Å². The molecule has 2 heterocycles. The number of carboxylic acids is 1. The van der Waals surface area contributed by atoms with Crippen LogP contribution in [0.25, 0.3) is 0 Å². The van der Waals surface area contributed by atoms with Crippen LogP contribution < -0.4 is 5.73 Å². The molecule has 0 bridgehead atoms. The van der Waals surface area contributed by atoms with Gasteiger partial charge in [0.1, 0.15) is 12.1 Å². The number of carbonyl (C=O) groups is 4. The molecule has 3 N–H and O–H groups in total. The van der Waals surface area contributed by atoms with Crippen molar-refractivity contribution in [2.75, 3.05) is 19.6 Å². The molecule has 0 aliphatic carbocycles. The minimum atomic E-state index is -1.27. The van der Waals surface area contributed by atoms with Crippen molar-refractivity contribution in [3.05, 3.63) is 82.9 Å². The zero-order chi connectivity index (χ0) is 30.1. The Hall–Kier alpha value is -4.70. The van der Waals surface area contributed by atoms with Crippen molar-refractivity contribution in [2.24, 2.45) is 11.7 Å². The Labute approximate surface area is 240 Å². The summed E-state index contributed by atoms with van der Waals surface area (Å²) in [7, 11) is 0. The highest BCUT2D eigenvalue weighted by Crippen LogP contribution is 2.33. The fourth-order valence-corrected chi connectivity index (χ4v) is 4.89. The molecule has 2 fully saturated rings. The van der Waals surface area contributed by atoms with Gasteiger partial charge in [0, 0.05) is 49.6 Å². The number of nitrogens with two attached hydrogens (primary N) is 1. The number of benzene rings is 2. The van der Waals surface area contributed by atoms with Crippen molar-refractivity contribution in [2.45, 2.75) is 38.8 Å². The van der Waals surface area contributed by atoms with Crippen molar-refractivity contribution in [1.82, 2.24) is 9.80 Å². The van der Waals surface area contributed by atoms with Gasteiger partial charge in [-0.3, -0.25) is 14.4 Å². The standard InChI is InChI=1S/C24H23F3N4O2.C4H4O4.CH4/c25-19-10-21(27)20(26)8-17(19)7-18(29)9-23(32)31-5-4-16-12-30(13-22(16)31)24(33)15-3-1-2-14(6-15)11-28;5-3-8-2-1-4(6)7;/h1-3,6,8,10,16,18,22H,4-5,7,9,12-13,29H2;1-3H,(H,6,7);1H4/b;2-1+;/t16-,18+,22+;;/m0../s1. The highest BCUT2D eigenvalue weighted by Gasteiger charge is 2.44. The van der Waals surface area contributed by atoms with Gasteiger partial charge in [-0.2, -0.15) is 5.26 Å². The molecule has 2 aromatic carbocycles. The fourth-order valence-electron chi connectivity index (χ4n) is 4.89. The van der Waals surface area contributed by atoms with E-state index < -0.39 is 29.5 Å². The third kappa shape index (κ3) is 8.65. The highest BCUT2D eigenvalue weighted by atomic mass is 19.2. The van der Waals surface area contributed by atoms with Gasteiger partial charge in [-0.05, 0) is 42.7 Å². The topological polar surface area (TPSA) is 154 Å². The van der Waals surface area contributed by atoms with E-state index in [0.717, 1.165) is 18.7 Å². The van der Waals surface area contributed by atoms with Crippen molar-refractivity contribution < 1.29 is 42.2 Å². The van der Waals surface area contributed by atoms with Crippen LogP contribution in [0.5, 0.6) is 0 Å². The average Bonchev–Trinajstić information content (AvgIpc) is 3.53. The molecule has 0 unspecified atom stereocenters. The Balaban J connectivity index is 0.000000603. The zero-order valence-electron chi connectivity index (χ0n) is 21.7. The average molecular weight is 589 g/mol. The molecule has 2 aliphatic heterocycles. The first-order valence-electron chi connectivity index (χ1n) is 12.5. The minimum Gasteiger partial charge on any atom is -0.478 e. The molecule has 2 aliphatic rings. The molecule has 0 aromatic heterocycles. The smallest absolute Gasteiger partial charge is 0.331 e. The van der Waals surface area contributed by atoms with Gasteiger partial charge in [0.25, 0.3) is 12.4 Å². The molecule has 224 valence electrons. The number of amides is 2. The van der Waals surface area contributed by atoms with E-state index in [1.54, 1.807) is 34.1 Å². The molecular formula is C29H31F3N4O6. The minimum absolute atomic E-state index is 0. The van der Waals surface area contributed by atoms with E-state index >= 15 is 0 Å². The Bertz CT molecular complexity index is 1380. The zero-order valence-corrected chi connectivity index (χ0v) is 21.7. The number of nitriles is 1. The quantitative estimate of drug-likeness (QED) is 0.207. The SMILES string of the molecule is C.N#Cc1cccc(C(=O)N2C[C@@H]3CCN(C(=O)C[C@H](N)Cc4cc(F)c(F)cc4F)[C@@H]3C2)c1.O=CO/C=C/C(=O)O. The fraction of sp³-hybridized carbons (Fsp3) is 0.345. The van der Waals surface area contributed by atoms with Crippen molar-refractivity contribution in [3.63, 3.8) is 0 Å². The lowest BCUT2D eigenvalue weighted by Gasteiger charge is -2.26. The summed E-state index contributed by atoms with van der Waals surface area (Å²) in [6, 6.07) is 8.88. The van der Waals surface area contributed by atoms with Crippen LogP contribution in [-0.4, -0.2) is 70.9 Å². The molecule has 0 saturated carbocycles. The summed E-state index contributed by atoms with van der Waals surface area (Å²) in [6.45, 7) is 1.60. The largest absolute Gasteiger partial charge is 0.478 e. The summed E-state index contributed by atoms with van der Waals surface area (Å²) in [4.78, 5) is 48.1. The number of rotatable bonds is 8. The van der Waals surface area contributed by atoms with Crippen LogP contribution in [0.4, 0.5) is 13.2 Å². The number of likely N-dealkylation sites (tertiary alicyclic amines) is 2. The second kappa shape index (κ2) is 15.3. The molecule has 2 aromatic rings. The Morgan fingerprint density at radius 1 is 1.14 bits per heavy atom. The predicted octanol–water partition coefficient (Wildman–Crippen LogP) is 3.00. The molecule has 0 spiro atoms. The first kappa shape index (κ1) is 33.5. The summed E-state index contributed by atoms with van der Waals surface area (Å²) < 4.78 is 44.3.